The summed E-state index contributed by atoms with van der Waals surface area (Å²) in [5.41, 5.74) is 8.42. The molecule has 0 aliphatic rings. The molecule has 5 nitrogen and oxygen atoms in total. The predicted molar refractivity (Wildman–Crippen MR) is 98.2 cm³/mol. The summed E-state index contributed by atoms with van der Waals surface area (Å²) in [5.74, 6) is -0.676. The summed E-state index contributed by atoms with van der Waals surface area (Å²) >= 11 is 1.07. The summed E-state index contributed by atoms with van der Waals surface area (Å²) in [6.45, 7) is 2.34. The molecule has 3 N–H and O–H groups in total. The quantitative estimate of drug-likeness (QED) is 0.677. The number of anilines is 1. The fraction of sp³-hybridized carbons (Fsp3) is 0.222. The van der Waals surface area contributed by atoms with Crippen LogP contribution >= 0.6 is 11.3 Å². The number of aryl methyl sites for hydroxylation is 1. The van der Waals surface area contributed by atoms with Gasteiger partial charge < -0.3 is 10.5 Å². The van der Waals surface area contributed by atoms with Crippen molar-refractivity contribution in [3.05, 3.63) is 53.1 Å². The normalized spacial score (nSPS) is 11.6. The second-order valence-electron chi connectivity index (χ2n) is 5.85. The van der Waals surface area contributed by atoms with Crippen molar-refractivity contribution in [3.8, 4) is 5.75 Å². The monoisotopic (exact) mass is 395 g/mol. The van der Waals surface area contributed by atoms with Crippen LogP contribution in [0.15, 0.2) is 36.4 Å². The van der Waals surface area contributed by atoms with Crippen molar-refractivity contribution in [1.82, 2.24) is 4.98 Å². The van der Waals surface area contributed by atoms with Gasteiger partial charge in [0.25, 0.3) is 5.91 Å². The molecular formula is C18H16F3N3O2S. The number of nitrogens with zero attached hydrogens (tertiary/aromatic N) is 1. The Morgan fingerprint density at radius 1 is 1.26 bits per heavy atom. The Hall–Kier alpha value is -2.65. The number of rotatable bonds is 5. The van der Waals surface area contributed by atoms with Crippen LogP contribution < -0.4 is 15.8 Å². The lowest BCUT2D eigenvalue weighted by Crippen LogP contribution is -2.16. The van der Waals surface area contributed by atoms with Gasteiger partial charge in [-0.15, -0.1) is 13.2 Å². The van der Waals surface area contributed by atoms with Crippen LogP contribution in [0.2, 0.25) is 0 Å². The lowest BCUT2D eigenvalue weighted by Gasteiger charge is -2.09. The molecule has 0 atom stereocenters. The van der Waals surface area contributed by atoms with Crippen LogP contribution in [0.4, 0.5) is 18.3 Å². The SMILES string of the molecule is Cc1ccc(C(=O)Nc2nc3ccc(OC(F)(F)F)cc3s2)c(CCN)c1. The van der Waals surface area contributed by atoms with Crippen molar-refractivity contribution in [2.45, 2.75) is 19.7 Å². The number of nitrogens with one attached hydrogen (secondary N) is 1. The molecule has 2 aromatic carbocycles. The summed E-state index contributed by atoms with van der Waals surface area (Å²) < 4.78 is 41.4. The molecule has 3 aromatic rings. The zero-order chi connectivity index (χ0) is 19.6. The number of hydrogen-bond donors (Lipinski definition) is 2. The van der Waals surface area contributed by atoms with Crippen LogP contribution in [-0.4, -0.2) is 23.8 Å². The molecule has 0 aliphatic carbocycles. The van der Waals surface area contributed by atoms with Crippen LogP contribution in [0, 0.1) is 6.92 Å². The molecule has 0 fully saturated rings. The number of hydrogen-bond acceptors (Lipinski definition) is 5. The van der Waals surface area contributed by atoms with Gasteiger partial charge in [-0.05, 0) is 43.7 Å². The van der Waals surface area contributed by atoms with Crippen LogP contribution in [0.3, 0.4) is 0 Å². The van der Waals surface area contributed by atoms with E-state index in [-0.39, 0.29) is 11.7 Å². The number of carbonyl (C=O) groups excluding carboxylic acids is 1. The molecule has 0 unspecified atom stereocenters. The number of fused-ring (bicyclic) bond motifs is 1. The van der Waals surface area contributed by atoms with Gasteiger partial charge in [0.15, 0.2) is 5.13 Å². The number of nitrogens with two attached hydrogens (primary N) is 1. The molecule has 9 heteroatoms. The Morgan fingerprint density at radius 2 is 2.04 bits per heavy atom. The van der Waals surface area contributed by atoms with E-state index in [1.54, 1.807) is 6.07 Å². The second kappa shape index (κ2) is 7.53. The highest BCUT2D eigenvalue weighted by Crippen LogP contribution is 2.32. The van der Waals surface area contributed by atoms with Crippen molar-refractivity contribution >= 4 is 32.6 Å². The van der Waals surface area contributed by atoms with Crippen molar-refractivity contribution in [1.29, 1.82) is 0 Å². The second-order valence-corrected chi connectivity index (χ2v) is 6.88. The summed E-state index contributed by atoms with van der Waals surface area (Å²) in [5, 5.41) is 2.99. The zero-order valence-electron chi connectivity index (χ0n) is 14.3. The predicted octanol–water partition coefficient (Wildman–Crippen LogP) is 4.26. The molecule has 0 radical (unpaired) electrons. The molecular weight excluding hydrogens is 379 g/mol. The number of carbonyl (C=O) groups is 1. The topological polar surface area (TPSA) is 77.2 Å². The first-order valence-electron chi connectivity index (χ1n) is 8.02. The molecule has 0 aliphatic heterocycles. The fourth-order valence-corrected chi connectivity index (χ4v) is 3.52. The molecule has 0 saturated heterocycles. The molecule has 3 rings (SSSR count). The Morgan fingerprint density at radius 3 is 2.74 bits per heavy atom. The molecule has 0 saturated carbocycles. The van der Waals surface area contributed by atoms with Crippen LogP contribution in [0.1, 0.15) is 21.5 Å². The third kappa shape index (κ3) is 4.75. The van der Waals surface area contributed by atoms with Crippen LogP contribution in [0.25, 0.3) is 10.2 Å². The maximum Gasteiger partial charge on any atom is 0.573 e. The maximum atomic E-state index is 12.6. The van der Waals surface area contributed by atoms with E-state index < -0.39 is 6.36 Å². The first kappa shape index (κ1) is 19.1. The number of ether oxygens (including phenoxy) is 1. The number of aromatic nitrogens is 1. The highest BCUT2D eigenvalue weighted by atomic mass is 32.1. The highest BCUT2D eigenvalue weighted by Gasteiger charge is 2.31. The Kier molecular flexibility index (Phi) is 5.33. The van der Waals surface area contributed by atoms with Gasteiger partial charge in [0, 0.05) is 11.6 Å². The van der Waals surface area contributed by atoms with Crippen LogP contribution in [0.5, 0.6) is 5.75 Å². The molecule has 1 amide bonds. The zero-order valence-corrected chi connectivity index (χ0v) is 15.1. The van der Waals surface area contributed by atoms with E-state index in [4.69, 9.17) is 5.73 Å². The van der Waals surface area contributed by atoms with E-state index in [0.29, 0.717) is 33.9 Å². The molecule has 0 bridgehead atoms. The third-order valence-electron chi connectivity index (χ3n) is 3.73. The summed E-state index contributed by atoms with van der Waals surface area (Å²) in [6, 6.07) is 9.28. The molecule has 142 valence electrons. The van der Waals surface area contributed by atoms with E-state index >= 15 is 0 Å². The molecule has 27 heavy (non-hydrogen) atoms. The van der Waals surface area contributed by atoms with Gasteiger partial charge in [0.1, 0.15) is 5.75 Å². The number of benzene rings is 2. The number of halogens is 3. The van der Waals surface area contributed by atoms with Gasteiger partial charge in [-0.3, -0.25) is 10.1 Å². The fourth-order valence-electron chi connectivity index (χ4n) is 2.63. The minimum absolute atomic E-state index is 0.290. The van der Waals surface area contributed by atoms with Crippen molar-refractivity contribution in [3.63, 3.8) is 0 Å². The first-order chi connectivity index (χ1) is 12.7. The maximum absolute atomic E-state index is 12.6. The van der Waals surface area contributed by atoms with Crippen molar-refractivity contribution in [2.24, 2.45) is 5.73 Å². The molecule has 0 spiro atoms. The Bertz CT molecular complexity index is 986. The lowest BCUT2D eigenvalue weighted by atomic mass is 10.0. The standard InChI is InChI=1S/C18H16F3N3O2S/c1-10-2-4-13(11(8-10)6-7-22)16(25)24-17-23-14-5-3-12(9-15(14)27-17)26-18(19,20)21/h2-5,8-9H,6-7,22H2,1H3,(H,23,24,25). The summed E-state index contributed by atoms with van der Waals surface area (Å²) in [4.78, 5) is 16.8. The largest absolute Gasteiger partial charge is 0.573 e. The van der Waals surface area contributed by atoms with Gasteiger partial charge in [-0.2, -0.15) is 0 Å². The minimum atomic E-state index is -4.76. The van der Waals surface area contributed by atoms with Crippen LogP contribution in [-0.2, 0) is 6.42 Å². The number of thiazole rings is 1. The van der Waals surface area contributed by atoms with Gasteiger partial charge in [-0.25, -0.2) is 4.98 Å². The van der Waals surface area contributed by atoms with Crippen molar-refractivity contribution in [2.75, 3.05) is 11.9 Å². The average molecular weight is 395 g/mol. The third-order valence-corrected chi connectivity index (χ3v) is 4.67. The summed E-state index contributed by atoms with van der Waals surface area (Å²) in [7, 11) is 0. The highest BCUT2D eigenvalue weighted by molar-refractivity contribution is 7.22. The van der Waals surface area contributed by atoms with E-state index in [1.807, 2.05) is 19.1 Å². The number of alkyl halides is 3. The van der Waals surface area contributed by atoms with E-state index in [0.717, 1.165) is 22.5 Å². The first-order valence-corrected chi connectivity index (χ1v) is 8.84. The molecule has 1 aromatic heterocycles. The molecule has 1 heterocycles. The van der Waals surface area contributed by atoms with E-state index in [1.165, 1.54) is 18.2 Å². The Labute approximate surface area is 157 Å². The van der Waals surface area contributed by atoms with Gasteiger partial charge >= 0.3 is 6.36 Å². The van der Waals surface area contributed by atoms with Crippen molar-refractivity contribution < 1.29 is 22.7 Å². The average Bonchev–Trinajstić information content (AvgIpc) is 2.95. The smallest absolute Gasteiger partial charge is 0.406 e. The van der Waals surface area contributed by atoms with E-state index in [9.17, 15) is 18.0 Å². The summed E-state index contributed by atoms with van der Waals surface area (Å²) in [6.07, 6.45) is -4.21. The van der Waals surface area contributed by atoms with Gasteiger partial charge in [0.05, 0.1) is 10.2 Å². The van der Waals surface area contributed by atoms with Gasteiger partial charge in [-0.1, -0.05) is 29.0 Å². The number of amides is 1. The Balaban J connectivity index is 1.83. The lowest BCUT2D eigenvalue weighted by molar-refractivity contribution is -0.274. The minimum Gasteiger partial charge on any atom is -0.406 e. The van der Waals surface area contributed by atoms with E-state index in [2.05, 4.69) is 15.0 Å². The van der Waals surface area contributed by atoms with Gasteiger partial charge in [0.2, 0.25) is 0 Å².